The number of nitro benzene ring substituents is 1. The molecule has 2 fully saturated rings. The van der Waals surface area contributed by atoms with E-state index in [1.807, 2.05) is 0 Å². The molecule has 0 N–H and O–H groups in total. The van der Waals surface area contributed by atoms with Gasteiger partial charge in [-0.3, -0.25) is 29.4 Å². The number of benzene rings is 1. The molecule has 3 amide bonds. The van der Waals surface area contributed by atoms with Crippen molar-refractivity contribution in [2.24, 2.45) is 0 Å². The number of imide groups is 1. The van der Waals surface area contributed by atoms with Crippen LogP contribution in [0.3, 0.4) is 0 Å². The molecule has 0 saturated carbocycles. The highest BCUT2D eigenvalue weighted by atomic mass is 32.2. The van der Waals surface area contributed by atoms with Crippen LogP contribution in [0.5, 0.6) is 0 Å². The number of ether oxygens (including phenoxy) is 1. The molecule has 33 heavy (non-hydrogen) atoms. The second-order valence-corrected chi connectivity index (χ2v) is 8.65. The summed E-state index contributed by atoms with van der Waals surface area (Å²) in [5, 5.41) is 10.8. The summed E-state index contributed by atoms with van der Waals surface area (Å²) in [4.78, 5) is 51.0. The average Bonchev–Trinajstić information content (AvgIpc) is 3.36. The molecule has 11 heteroatoms. The van der Waals surface area contributed by atoms with Crippen molar-refractivity contribution in [2.45, 2.75) is 13.8 Å². The van der Waals surface area contributed by atoms with Crippen LogP contribution < -0.4 is 0 Å². The maximum absolute atomic E-state index is 12.7. The van der Waals surface area contributed by atoms with Crippen LogP contribution in [-0.4, -0.2) is 64.6 Å². The van der Waals surface area contributed by atoms with Crippen LogP contribution in [0.25, 0.3) is 17.4 Å². The molecule has 4 rings (SSSR count). The standard InChI is InChI=1S/C22H21N3O7S/c1-13-9-15(10-17(14(13)2)25(29)30)18-4-3-16(32-18)11-19-21(27)24(22(28)33-19)12-20(26)23-5-7-31-8-6-23/h3-4,9-11H,5-8,12H2,1-2H3/b19-11-. The number of amides is 3. The first-order valence-corrected chi connectivity index (χ1v) is 11.0. The van der Waals surface area contributed by atoms with Crippen molar-refractivity contribution < 1.29 is 28.5 Å². The lowest BCUT2D eigenvalue weighted by Gasteiger charge is -2.27. The number of thioether (sulfide) groups is 1. The Labute approximate surface area is 193 Å². The Morgan fingerprint density at radius 1 is 1.21 bits per heavy atom. The van der Waals surface area contributed by atoms with Crippen LogP contribution in [0.2, 0.25) is 0 Å². The minimum Gasteiger partial charge on any atom is -0.457 e. The number of rotatable bonds is 5. The Morgan fingerprint density at radius 2 is 1.94 bits per heavy atom. The van der Waals surface area contributed by atoms with Crippen LogP contribution in [0.15, 0.2) is 33.6 Å². The van der Waals surface area contributed by atoms with Gasteiger partial charge in [-0.15, -0.1) is 0 Å². The Morgan fingerprint density at radius 3 is 2.64 bits per heavy atom. The van der Waals surface area contributed by atoms with Crippen molar-refractivity contribution in [2.75, 3.05) is 32.8 Å². The van der Waals surface area contributed by atoms with Gasteiger partial charge in [0, 0.05) is 36.4 Å². The molecule has 2 aliphatic heterocycles. The molecule has 0 radical (unpaired) electrons. The number of nitrogens with zero attached hydrogens (tertiary/aromatic N) is 3. The third kappa shape index (κ3) is 4.69. The van der Waals surface area contributed by atoms with E-state index in [1.165, 1.54) is 12.1 Å². The van der Waals surface area contributed by atoms with Crippen molar-refractivity contribution in [1.82, 2.24) is 9.80 Å². The van der Waals surface area contributed by atoms with E-state index >= 15 is 0 Å². The van der Waals surface area contributed by atoms with Crippen molar-refractivity contribution >= 4 is 40.6 Å². The van der Waals surface area contributed by atoms with Gasteiger partial charge in [0.25, 0.3) is 16.8 Å². The molecule has 3 heterocycles. The zero-order valence-corrected chi connectivity index (χ0v) is 18.8. The first kappa shape index (κ1) is 22.7. The molecule has 1 aromatic carbocycles. The van der Waals surface area contributed by atoms with Gasteiger partial charge in [-0.1, -0.05) is 0 Å². The Kier molecular flexibility index (Phi) is 6.34. The van der Waals surface area contributed by atoms with Gasteiger partial charge >= 0.3 is 0 Å². The number of aryl methyl sites for hydroxylation is 1. The summed E-state index contributed by atoms with van der Waals surface area (Å²) in [5.41, 5.74) is 1.86. The average molecular weight is 471 g/mol. The van der Waals surface area contributed by atoms with Gasteiger partial charge in [-0.05, 0) is 49.4 Å². The molecule has 0 spiro atoms. The van der Waals surface area contributed by atoms with Gasteiger partial charge in [-0.25, -0.2) is 0 Å². The largest absolute Gasteiger partial charge is 0.457 e. The number of carbonyl (C=O) groups is 3. The van der Waals surface area contributed by atoms with Crippen molar-refractivity contribution in [3.63, 3.8) is 0 Å². The van der Waals surface area contributed by atoms with E-state index < -0.39 is 16.1 Å². The lowest BCUT2D eigenvalue weighted by Crippen LogP contribution is -2.46. The van der Waals surface area contributed by atoms with Gasteiger partial charge in [0.1, 0.15) is 18.1 Å². The molecule has 2 saturated heterocycles. The highest BCUT2D eigenvalue weighted by molar-refractivity contribution is 8.18. The van der Waals surface area contributed by atoms with Crippen molar-refractivity contribution in [3.05, 3.63) is 56.2 Å². The molecule has 0 bridgehead atoms. The second-order valence-electron chi connectivity index (χ2n) is 7.66. The van der Waals surface area contributed by atoms with Crippen LogP contribution >= 0.6 is 11.8 Å². The number of morpholine rings is 1. The Bertz CT molecular complexity index is 1180. The van der Waals surface area contributed by atoms with Crippen molar-refractivity contribution in [3.8, 4) is 11.3 Å². The third-order valence-electron chi connectivity index (χ3n) is 5.55. The number of hydrogen-bond acceptors (Lipinski definition) is 8. The fourth-order valence-corrected chi connectivity index (χ4v) is 4.39. The number of furan rings is 1. The summed E-state index contributed by atoms with van der Waals surface area (Å²) in [6, 6.07) is 6.49. The molecule has 172 valence electrons. The summed E-state index contributed by atoms with van der Waals surface area (Å²) in [6.45, 7) is 4.86. The first-order valence-electron chi connectivity index (χ1n) is 10.2. The predicted molar refractivity (Wildman–Crippen MR) is 120 cm³/mol. The van der Waals surface area contributed by atoms with E-state index in [1.54, 1.807) is 36.9 Å². The molecule has 0 aliphatic carbocycles. The minimum atomic E-state index is -0.564. The van der Waals surface area contributed by atoms with Gasteiger partial charge in [0.05, 0.1) is 23.0 Å². The van der Waals surface area contributed by atoms with E-state index in [0.29, 0.717) is 49.0 Å². The first-order chi connectivity index (χ1) is 15.7. The molecule has 0 atom stereocenters. The van der Waals surface area contributed by atoms with E-state index in [4.69, 9.17) is 9.15 Å². The Balaban J connectivity index is 1.51. The van der Waals surface area contributed by atoms with Gasteiger partial charge in [0.15, 0.2) is 0 Å². The van der Waals surface area contributed by atoms with E-state index in [0.717, 1.165) is 22.2 Å². The molecule has 2 aliphatic rings. The smallest absolute Gasteiger partial charge is 0.294 e. The SMILES string of the molecule is Cc1cc(-c2ccc(/C=C3\SC(=O)N(CC(=O)N4CCOCC4)C3=O)o2)cc([N+](=O)[O-])c1C. The van der Waals surface area contributed by atoms with Gasteiger partial charge in [-0.2, -0.15) is 0 Å². The quantitative estimate of drug-likeness (QED) is 0.369. The number of hydrogen-bond donors (Lipinski definition) is 0. The lowest BCUT2D eigenvalue weighted by molar-refractivity contribution is -0.385. The number of carbonyl (C=O) groups excluding carboxylic acids is 3. The maximum atomic E-state index is 12.7. The second kappa shape index (κ2) is 9.20. The third-order valence-corrected chi connectivity index (χ3v) is 6.46. The summed E-state index contributed by atoms with van der Waals surface area (Å²) >= 11 is 0.735. The molecular weight excluding hydrogens is 450 g/mol. The normalized spacial score (nSPS) is 17.8. The number of nitro groups is 1. The highest BCUT2D eigenvalue weighted by Crippen LogP contribution is 2.34. The fourth-order valence-electron chi connectivity index (χ4n) is 3.57. The molecule has 1 aromatic heterocycles. The van der Waals surface area contributed by atoms with Crippen LogP contribution in [-0.2, 0) is 14.3 Å². The summed E-state index contributed by atoms with van der Waals surface area (Å²) in [7, 11) is 0. The molecule has 0 unspecified atom stereocenters. The van der Waals surface area contributed by atoms with Crippen LogP contribution in [0.1, 0.15) is 16.9 Å². The summed E-state index contributed by atoms with van der Waals surface area (Å²) in [5.74, 6) is -0.157. The van der Waals surface area contributed by atoms with Gasteiger partial charge < -0.3 is 14.1 Å². The molecule has 10 nitrogen and oxygen atoms in total. The van der Waals surface area contributed by atoms with Crippen LogP contribution in [0, 0.1) is 24.0 Å². The fraction of sp³-hybridized carbons (Fsp3) is 0.318. The maximum Gasteiger partial charge on any atom is 0.294 e. The van der Waals surface area contributed by atoms with E-state index in [2.05, 4.69) is 0 Å². The summed E-state index contributed by atoms with van der Waals surface area (Å²) in [6.07, 6.45) is 1.43. The van der Waals surface area contributed by atoms with Crippen molar-refractivity contribution in [1.29, 1.82) is 0 Å². The lowest BCUT2D eigenvalue weighted by atomic mass is 10.0. The van der Waals surface area contributed by atoms with Gasteiger partial charge in [0.2, 0.25) is 5.91 Å². The predicted octanol–water partition coefficient (Wildman–Crippen LogP) is 3.37. The molecule has 2 aromatic rings. The van der Waals surface area contributed by atoms with E-state index in [9.17, 15) is 24.5 Å². The zero-order chi connectivity index (χ0) is 23.7. The Hall–Kier alpha value is -3.44. The zero-order valence-electron chi connectivity index (χ0n) is 18.0. The van der Waals surface area contributed by atoms with E-state index in [-0.39, 0.29) is 23.0 Å². The highest BCUT2D eigenvalue weighted by Gasteiger charge is 2.37. The molecular formula is C22H21N3O7S. The van der Waals surface area contributed by atoms with Crippen LogP contribution in [0.4, 0.5) is 10.5 Å². The summed E-state index contributed by atoms with van der Waals surface area (Å²) < 4.78 is 11.0. The monoisotopic (exact) mass is 471 g/mol. The minimum absolute atomic E-state index is 0.00555. The topological polar surface area (TPSA) is 123 Å².